The van der Waals surface area contributed by atoms with Crippen molar-refractivity contribution in [3.63, 3.8) is 0 Å². The van der Waals surface area contributed by atoms with Crippen molar-refractivity contribution in [1.82, 2.24) is 5.32 Å². The van der Waals surface area contributed by atoms with Crippen LogP contribution in [-0.4, -0.2) is 24.8 Å². The molecule has 1 amide bonds. The van der Waals surface area contributed by atoms with Crippen LogP contribution < -0.4 is 10.1 Å². The largest absolute Gasteiger partial charge is 0.496 e. The number of benzene rings is 1. The van der Waals surface area contributed by atoms with E-state index in [0.29, 0.717) is 5.56 Å². The number of hydrogen-bond donors (Lipinski definition) is 1. The lowest BCUT2D eigenvalue weighted by atomic mass is 10.0. The van der Waals surface area contributed by atoms with Crippen LogP contribution in [-0.2, 0) is 4.79 Å². The van der Waals surface area contributed by atoms with Gasteiger partial charge in [0.25, 0.3) is 5.91 Å². The first-order valence-electron chi connectivity index (χ1n) is 7.03. The molecule has 0 radical (unpaired) electrons. The molecule has 108 valence electrons. The van der Waals surface area contributed by atoms with Crippen LogP contribution in [0.25, 0.3) is 0 Å². The lowest BCUT2D eigenvalue weighted by molar-refractivity contribution is -0.117. The summed E-state index contributed by atoms with van der Waals surface area (Å²) in [5.74, 6) is -0.222. The zero-order chi connectivity index (χ0) is 14.7. The fourth-order valence-electron chi connectivity index (χ4n) is 2.70. The Bertz CT molecular complexity index is 531. The number of Topliss-reactive ketones (excluding diaryl/α,β-unsaturated/α-hetero) is 1. The maximum Gasteiger partial charge on any atom is 0.292 e. The molecule has 2 rings (SSSR count). The molecule has 0 aliphatic heterocycles. The van der Waals surface area contributed by atoms with E-state index in [1.807, 2.05) is 13.8 Å². The number of ketones is 1. The van der Waals surface area contributed by atoms with E-state index in [9.17, 15) is 9.59 Å². The third kappa shape index (κ3) is 3.00. The van der Waals surface area contributed by atoms with E-state index < -0.39 is 11.7 Å². The topological polar surface area (TPSA) is 55.4 Å². The first-order valence-corrected chi connectivity index (χ1v) is 7.03. The van der Waals surface area contributed by atoms with Crippen molar-refractivity contribution in [2.75, 3.05) is 7.11 Å². The molecule has 4 heteroatoms. The second kappa shape index (κ2) is 6.07. The molecule has 4 nitrogen and oxygen atoms in total. The third-order valence-electron chi connectivity index (χ3n) is 3.88. The number of aryl methyl sites for hydroxylation is 2. The molecule has 1 aromatic carbocycles. The predicted octanol–water partition coefficient (Wildman–Crippen LogP) is 2.55. The second-order valence-electron chi connectivity index (χ2n) is 5.42. The minimum Gasteiger partial charge on any atom is -0.496 e. The van der Waals surface area contributed by atoms with Crippen molar-refractivity contribution < 1.29 is 14.3 Å². The highest BCUT2D eigenvalue weighted by Gasteiger charge is 2.24. The number of rotatable bonds is 4. The highest BCUT2D eigenvalue weighted by atomic mass is 16.5. The number of carbonyl (C=O) groups excluding carboxylic acids is 2. The molecule has 0 aromatic heterocycles. The van der Waals surface area contributed by atoms with E-state index in [-0.39, 0.29) is 6.04 Å². The Kier molecular flexibility index (Phi) is 4.42. The first-order chi connectivity index (χ1) is 9.52. The molecule has 0 bridgehead atoms. The quantitative estimate of drug-likeness (QED) is 0.678. The molecule has 0 atom stereocenters. The van der Waals surface area contributed by atoms with Crippen LogP contribution in [0.15, 0.2) is 12.1 Å². The Morgan fingerprint density at radius 2 is 1.80 bits per heavy atom. The Morgan fingerprint density at radius 3 is 2.40 bits per heavy atom. The molecule has 0 heterocycles. The van der Waals surface area contributed by atoms with Crippen molar-refractivity contribution >= 4 is 11.7 Å². The molecule has 1 aliphatic carbocycles. The van der Waals surface area contributed by atoms with Crippen molar-refractivity contribution in [3.05, 3.63) is 28.8 Å². The fourth-order valence-corrected chi connectivity index (χ4v) is 2.70. The van der Waals surface area contributed by atoms with Crippen LogP contribution in [0.5, 0.6) is 5.75 Å². The van der Waals surface area contributed by atoms with Gasteiger partial charge in [0.1, 0.15) is 5.75 Å². The SMILES string of the molecule is COc1cc(C)c(C(=O)C(=O)NC2CCCC2)cc1C. The minimum absolute atomic E-state index is 0.158. The van der Waals surface area contributed by atoms with Gasteiger partial charge in [-0.1, -0.05) is 12.8 Å². The lowest BCUT2D eigenvalue weighted by Gasteiger charge is -2.13. The Balaban J connectivity index is 2.15. The Hall–Kier alpha value is -1.84. The number of nitrogens with one attached hydrogen (secondary N) is 1. The molecule has 0 unspecified atom stereocenters. The van der Waals surface area contributed by atoms with E-state index in [1.54, 1.807) is 19.2 Å². The molecule has 1 aliphatic rings. The molecule has 1 N–H and O–H groups in total. The molecule has 0 spiro atoms. The van der Waals surface area contributed by atoms with Gasteiger partial charge < -0.3 is 10.1 Å². The molecular weight excluding hydrogens is 254 g/mol. The van der Waals surface area contributed by atoms with Crippen LogP contribution >= 0.6 is 0 Å². The van der Waals surface area contributed by atoms with E-state index in [1.165, 1.54) is 0 Å². The van der Waals surface area contributed by atoms with Crippen LogP contribution in [0.2, 0.25) is 0 Å². The van der Waals surface area contributed by atoms with Crippen molar-refractivity contribution in [2.24, 2.45) is 0 Å². The van der Waals surface area contributed by atoms with Gasteiger partial charge >= 0.3 is 0 Å². The molecule has 0 saturated heterocycles. The zero-order valence-corrected chi connectivity index (χ0v) is 12.3. The lowest BCUT2D eigenvalue weighted by Crippen LogP contribution is -2.38. The maximum atomic E-state index is 12.3. The van der Waals surface area contributed by atoms with Gasteiger partial charge in [-0.15, -0.1) is 0 Å². The number of amides is 1. The number of hydrogen-bond acceptors (Lipinski definition) is 3. The standard InChI is InChI=1S/C16H21NO3/c1-10-9-14(20-3)11(2)8-13(10)15(18)16(19)17-12-6-4-5-7-12/h8-9,12H,4-7H2,1-3H3,(H,17,19). The molecule has 1 fully saturated rings. The summed E-state index contributed by atoms with van der Waals surface area (Å²) in [6, 6.07) is 3.68. The summed E-state index contributed by atoms with van der Waals surface area (Å²) in [7, 11) is 1.59. The van der Waals surface area contributed by atoms with Crippen LogP contribution in [0, 0.1) is 13.8 Å². The number of methoxy groups -OCH3 is 1. The van der Waals surface area contributed by atoms with E-state index in [4.69, 9.17) is 4.74 Å². The van der Waals surface area contributed by atoms with Gasteiger partial charge in [0.15, 0.2) is 0 Å². The minimum atomic E-state index is -0.496. The fraction of sp³-hybridized carbons (Fsp3) is 0.500. The average Bonchev–Trinajstić information content (AvgIpc) is 2.92. The van der Waals surface area contributed by atoms with Crippen molar-refractivity contribution in [3.8, 4) is 5.75 Å². The van der Waals surface area contributed by atoms with Gasteiger partial charge in [-0.25, -0.2) is 0 Å². The van der Waals surface area contributed by atoms with Crippen molar-refractivity contribution in [1.29, 1.82) is 0 Å². The van der Waals surface area contributed by atoms with Gasteiger partial charge in [0, 0.05) is 11.6 Å². The summed E-state index contributed by atoms with van der Waals surface area (Å²) in [6.45, 7) is 3.68. The monoisotopic (exact) mass is 275 g/mol. The maximum absolute atomic E-state index is 12.3. The van der Waals surface area contributed by atoms with Gasteiger partial charge in [-0.3, -0.25) is 9.59 Å². The molecule has 1 aromatic rings. The molecular formula is C16H21NO3. The van der Waals surface area contributed by atoms with Gasteiger partial charge in [0.2, 0.25) is 5.78 Å². The summed E-state index contributed by atoms with van der Waals surface area (Å²) < 4.78 is 5.22. The highest BCUT2D eigenvalue weighted by Crippen LogP contribution is 2.23. The van der Waals surface area contributed by atoms with E-state index >= 15 is 0 Å². The number of carbonyl (C=O) groups is 2. The average molecular weight is 275 g/mol. The second-order valence-corrected chi connectivity index (χ2v) is 5.42. The smallest absolute Gasteiger partial charge is 0.292 e. The Labute approximate surface area is 119 Å². The zero-order valence-electron chi connectivity index (χ0n) is 12.3. The van der Waals surface area contributed by atoms with E-state index in [0.717, 1.165) is 42.6 Å². The van der Waals surface area contributed by atoms with Crippen molar-refractivity contribution in [2.45, 2.75) is 45.6 Å². The molecule has 1 saturated carbocycles. The predicted molar refractivity (Wildman–Crippen MR) is 77.2 cm³/mol. The summed E-state index contributed by atoms with van der Waals surface area (Å²) >= 11 is 0. The highest BCUT2D eigenvalue weighted by molar-refractivity contribution is 6.43. The summed E-state index contributed by atoms with van der Waals surface area (Å²) in [5, 5.41) is 2.83. The van der Waals surface area contributed by atoms with Gasteiger partial charge in [-0.2, -0.15) is 0 Å². The number of ether oxygens (including phenoxy) is 1. The van der Waals surface area contributed by atoms with Crippen LogP contribution in [0.1, 0.15) is 47.2 Å². The van der Waals surface area contributed by atoms with Crippen LogP contribution in [0.4, 0.5) is 0 Å². The summed E-state index contributed by atoms with van der Waals surface area (Å²) in [6.07, 6.45) is 4.19. The summed E-state index contributed by atoms with van der Waals surface area (Å²) in [5.41, 5.74) is 2.08. The third-order valence-corrected chi connectivity index (χ3v) is 3.88. The van der Waals surface area contributed by atoms with Gasteiger partial charge in [0.05, 0.1) is 7.11 Å². The van der Waals surface area contributed by atoms with Crippen LogP contribution in [0.3, 0.4) is 0 Å². The first kappa shape index (κ1) is 14.6. The Morgan fingerprint density at radius 1 is 1.15 bits per heavy atom. The molecule has 20 heavy (non-hydrogen) atoms. The van der Waals surface area contributed by atoms with Gasteiger partial charge in [-0.05, 0) is 49.9 Å². The normalized spacial score (nSPS) is 15.2. The summed E-state index contributed by atoms with van der Waals surface area (Å²) in [4.78, 5) is 24.3. The van der Waals surface area contributed by atoms with E-state index in [2.05, 4.69) is 5.32 Å².